The van der Waals surface area contributed by atoms with Crippen molar-refractivity contribution in [2.75, 3.05) is 17.7 Å². The average molecular weight is 525 g/mol. The summed E-state index contributed by atoms with van der Waals surface area (Å²) < 4.78 is 25.6. The zero-order valence-corrected chi connectivity index (χ0v) is 21.6. The number of amides is 1. The van der Waals surface area contributed by atoms with Gasteiger partial charge in [0.1, 0.15) is 11.2 Å². The van der Waals surface area contributed by atoms with Crippen molar-refractivity contribution in [3.05, 3.63) is 80.9 Å². The minimum Gasteiger partial charge on any atom is -0.351 e. The molecule has 0 spiro atoms. The van der Waals surface area contributed by atoms with Gasteiger partial charge in [0.25, 0.3) is 11.5 Å². The summed E-state index contributed by atoms with van der Waals surface area (Å²) in [6.45, 7) is 2.59. The van der Waals surface area contributed by atoms with Gasteiger partial charge in [0.05, 0.1) is 12.3 Å². The van der Waals surface area contributed by atoms with Crippen molar-refractivity contribution in [3.63, 3.8) is 0 Å². The normalized spacial score (nSPS) is 12.9. The molecule has 2 N–H and O–H groups in total. The average Bonchev–Trinajstić information content (AvgIpc) is 3.13. The number of hydrogen-bond acceptors (Lipinski definition) is 5. The summed E-state index contributed by atoms with van der Waals surface area (Å²) in [5, 5.41) is 4.09. The van der Waals surface area contributed by atoms with Crippen molar-refractivity contribution in [3.8, 4) is 11.1 Å². The largest absolute Gasteiger partial charge is 0.351 e. The predicted octanol–water partition coefficient (Wildman–Crippen LogP) is 4.13. The van der Waals surface area contributed by atoms with E-state index in [-0.39, 0.29) is 17.2 Å². The number of carbonyl (C=O) groups excluding carboxylic acids is 1. The summed E-state index contributed by atoms with van der Waals surface area (Å²) in [5.74, 6) is -0.406. The number of aromatic amines is 1. The molecule has 186 valence electrons. The number of rotatable bonds is 5. The maximum Gasteiger partial charge on any atom is 0.274 e. The maximum atomic E-state index is 13.1. The van der Waals surface area contributed by atoms with Crippen LogP contribution >= 0.6 is 11.6 Å². The number of aromatic nitrogens is 2. The molecule has 1 aliphatic heterocycles. The molecule has 0 saturated heterocycles. The van der Waals surface area contributed by atoms with Crippen molar-refractivity contribution in [2.45, 2.75) is 19.2 Å². The van der Waals surface area contributed by atoms with Gasteiger partial charge in [0.2, 0.25) is 0 Å². The van der Waals surface area contributed by atoms with E-state index in [2.05, 4.69) is 10.3 Å². The van der Waals surface area contributed by atoms with Gasteiger partial charge >= 0.3 is 0 Å². The summed E-state index contributed by atoms with van der Waals surface area (Å²) in [6, 6.07) is 12.9. The molecule has 8 nitrogen and oxygen atoms in total. The number of fused-ring (bicyclic) bond motifs is 2. The fourth-order valence-electron chi connectivity index (χ4n) is 4.82. The molecule has 0 saturated carbocycles. The number of H-pyrrole nitrogens is 1. The van der Waals surface area contributed by atoms with E-state index >= 15 is 0 Å². The number of benzene rings is 2. The van der Waals surface area contributed by atoms with Gasteiger partial charge in [-0.3, -0.25) is 9.59 Å². The van der Waals surface area contributed by atoms with E-state index in [1.54, 1.807) is 31.4 Å². The first-order chi connectivity index (χ1) is 17.1. The van der Waals surface area contributed by atoms with Crippen LogP contribution in [0.2, 0.25) is 5.02 Å². The zero-order valence-electron chi connectivity index (χ0n) is 20.1. The minimum absolute atomic E-state index is 0.111. The molecule has 3 heterocycles. The standard InChI is InChI=1S/C26H25ClN4O4S/c1-4-28-25(32)23-20-13-31(17-8-6-16(27)7-9-17)21-10-5-15(14-36(3,34)35)11-18(21)19-12-30(2)26(33)24(29-23)22(19)20/h5-12,29H,4,13-14H2,1-3H3,(H,28,32). The number of anilines is 2. The van der Waals surface area contributed by atoms with E-state index in [0.29, 0.717) is 45.8 Å². The highest BCUT2D eigenvalue weighted by atomic mass is 35.5. The third-order valence-electron chi connectivity index (χ3n) is 6.32. The number of hydrogen-bond donors (Lipinski definition) is 2. The molecule has 0 bridgehead atoms. The SMILES string of the molecule is CCNC(=O)c1[nH]c2c(=O)n(C)cc3c2c1CN(c1ccc(Cl)cc1)c1ccc(CS(C)(=O)=O)cc1-3. The van der Waals surface area contributed by atoms with Crippen LogP contribution in [0.3, 0.4) is 0 Å². The van der Waals surface area contributed by atoms with E-state index < -0.39 is 9.84 Å². The summed E-state index contributed by atoms with van der Waals surface area (Å²) in [7, 11) is -1.61. The maximum absolute atomic E-state index is 13.1. The summed E-state index contributed by atoms with van der Waals surface area (Å²) >= 11 is 6.15. The van der Waals surface area contributed by atoms with Gasteiger partial charge in [-0.15, -0.1) is 0 Å². The van der Waals surface area contributed by atoms with E-state index in [1.165, 1.54) is 10.8 Å². The molecule has 10 heteroatoms. The number of aryl methyl sites for hydroxylation is 1. The van der Waals surface area contributed by atoms with Gasteiger partial charge in [-0.05, 0) is 48.9 Å². The van der Waals surface area contributed by atoms with Crippen LogP contribution < -0.4 is 15.8 Å². The molecule has 5 rings (SSSR count). The highest BCUT2D eigenvalue weighted by Crippen LogP contribution is 2.44. The Balaban J connectivity index is 1.87. The molecule has 0 radical (unpaired) electrons. The van der Waals surface area contributed by atoms with Crippen molar-refractivity contribution in [2.24, 2.45) is 7.05 Å². The first-order valence-corrected chi connectivity index (χ1v) is 13.9. The fourth-order valence-corrected chi connectivity index (χ4v) is 5.73. The summed E-state index contributed by atoms with van der Waals surface area (Å²) in [4.78, 5) is 31.3. The fraction of sp³-hybridized carbons (Fsp3) is 0.231. The predicted molar refractivity (Wildman–Crippen MR) is 143 cm³/mol. The Labute approximate surface area is 213 Å². The van der Waals surface area contributed by atoms with Gasteiger partial charge in [-0.2, -0.15) is 0 Å². The third-order valence-corrected chi connectivity index (χ3v) is 7.43. The first-order valence-electron chi connectivity index (χ1n) is 11.4. The van der Waals surface area contributed by atoms with Crippen molar-refractivity contribution in [1.82, 2.24) is 14.9 Å². The second kappa shape index (κ2) is 8.83. The molecule has 0 fully saturated rings. The van der Waals surface area contributed by atoms with Crippen LogP contribution in [0.4, 0.5) is 11.4 Å². The molecule has 0 aliphatic carbocycles. The molecule has 2 aromatic heterocycles. The van der Waals surface area contributed by atoms with Crippen LogP contribution in [0.15, 0.2) is 53.5 Å². The number of nitrogens with zero attached hydrogens (tertiary/aromatic N) is 2. The molecular weight excluding hydrogens is 500 g/mol. The monoisotopic (exact) mass is 524 g/mol. The number of sulfone groups is 1. The van der Waals surface area contributed by atoms with Crippen molar-refractivity contribution in [1.29, 1.82) is 0 Å². The van der Waals surface area contributed by atoms with Gasteiger partial charge in [0, 0.05) is 64.5 Å². The van der Waals surface area contributed by atoms with Gasteiger partial charge in [-0.25, -0.2) is 8.42 Å². The van der Waals surface area contributed by atoms with E-state index in [9.17, 15) is 18.0 Å². The molecule has 36 heavy (non-hydrogen) atoms. The highest BCUT2D eigenvalue weighted by molar-refractivity contribution is 7.89. The van der Waals surface area contributed by atoms with E-state index in [0.717, 1.165) is 22.5 Å². The topological polar surface area (TPSA) is 104 Å². The Morgan fingerprint density at radius 1 is 1.14 bits per heavy atom. The Bertz CT molecular complexity index is 1690. The lowest BCUT2D eigenvalue weighted by Gasteiger charge is -2.26. The molecule has 2 aromatic carbocycles. The molecule has 0 unspecified atom stereocenters. The quantitative estimate of drug-likeness (QED) is 0.408. The van der Waals surface area contributed by atoms with Crippen molar-refractivity contribution < 1.29 is 13.2 Å². The first kappa shape index (κ1) is 24.1. The highest BCUT2D eigenvalue weighted by Gasteiger charge is 2.30. The number of halogens is 1. The lowest BCUT2D eigenvalue weighted by molar-refractivity contribution is 0.0950. The number of carbonyl (C=O) groups is 1. The van der Waals surface area contributed by atoms with E-state index in [4.69, 9.17) is 11.6 Å². The van der Waals surface area contributed by atoms with Gasteiger partial charge in [0.15, 0.2) is 9.84 Å². The molecular formula is C26H25ClN4O4S. The van der Waals surface area contributed by atoms with Gasteiger partial charge in [-0.1, -0.05) is 17.7 Å². The molecule has 1 amide bonds. The van der Waals surface area contributed by atoms with Crippen LogP contribution in [-0.2, 0) is 29.2 Å². The second-order valence-corrected chi connectivity index (χ2v) is 11.6. The molecule has 1 aliphatic rings. The van der Waals surface area contributed by atoms with Crippen LogP contribution in [-0.4, -0.2) is 36.7 Å². The molecule has 0 atom stereocenters. The summed E-state index contributed by atoms with van der Waals surface area (Å²) in [5.41, 5.74) is 4.93. The Kier molecular flexibility index (Phi) is 5.92. The van der Waals surface area contributed by atoms with Crippen LogP contribution in [0.1, 0.15) is 28.5 Å². The van der Waals surface area contributed by atoms with Crippen LogP contribution in [0.5, 0.6) is 0 Å². The third kappa shape index (κ3) is 4.18. The lowest BCUT2D eigenvalue weighted by Crippen LogP contribution is -2.25. The van der Waals surface area contributed by atoms with Crippen molar-refractivity contribution >= 4 is 49.6 Å². The Hall–Kier alpha value is -3.56. The Morgan fingerprint density at radius 3 is 2.53 bits per heavy atom. The van der Waals surface area contributed by atoms with Crippen LogP contribution in [0.25, 0.3) is 22.0 Å². The number of pyridine rings is 1. The Morgan fingerprint density at radius 2 is 1.86 bits per heavy atom. The minimum atomic E-state index is -3.27. The summed E-state index contributed by atoms with van der Waals surface area (Å²) in [6.07, 6.45) is 2.95. The zero-order chi connectivity index (χ0) is 25.8. The lowest BCUT2D eigenvalue weighted by atomic mass is 9.99. The van der Waals surface area contributed by atoms with E-state index in [1.807, 2.05) is 36.1 Å². The smallest absolute Gasteiger partial charge is 0.274 e. The van der Waals surface area contributed by atoms with Gasteiger partial charge < -0.3 is 19.8 Å². The second-order valence-electron chi connectivity index (χ2n) is 9.03. The molecule has 4 aromatic rings. The van der Waals surface area contributed by atoms with Crippen LogP contribution in [0, 0.1) is 0 Å². The number of nitrogens with one attached hydrogen (secondary N) is 2.